The van der Waals surface area contributed by atoms with Crippen molar-refractivity contribution in [1.82, 2.24) is 4.98 Å². The average Bonchev–Trinajstić information content (AvgIpc) is 2.59. The molecule has 0 spiro atoms. The van der Waals surface area contributed by atoms with Crippen molar-refractivity contribution >= 4 is 10.9 Å². The van der Waals surface area contributed by atoms with Gasteiger partial charge in [-0.1, -0.05) is 0 Å². The Bertz CT molecular complexity index is 452. The Hall–Kier alpha value is -1.39. The first kappa shape index (κ1) is 9.18. The van der Waals surface area contributed by atoms with Crippen molar-refractivity contribution in [3.8, 4) is 0 Å². The molecule has 0 bridgehead atoms. The maximum Gasteiger partial charge on any atom is 0.123 e. The first-order chi connectivity index (χ1) is 6.72. The normalized spacial score (nSPS) is 13.4. The largest absolute Gasteiger partial charge is 0.394 e. The lowest BCUT2D eigenvalue weighted by Crippen LogP contribution is -2.13. The van der Waals surface area contributed by atoms with E-state index in [0.29, 0.717) is 0 Å². The molecule has 0 fully saturated rings. The van der Waals surface area contributed by atoms with Gasteiger partial charge in [-0.05, 0) is 23.8 Å². The summed E-state index contributed by atoms with van der Waals surface area (Å²) in [6.07, 6.45) is 1.70. The zero-order valence-corrected chi connectivity index (χ0v) is 7.50. The number of benzene rings is 1. The van der Waals surface area contributed by atoms with Crippen LogP contribution in [-0.4, -0.2) is 16.7 Å². The second-order valence-corrected chi connectivity index (χ2v) is 3.22. The zero-order valence-electron chi connectivity index (χ0n) is 7.50. The van der Waals surface area contributed by atoms with Crippen LogP contribution in [0.3, 0.4) is 0 Å². The van der Waals surface area contributed by atoms with Crippen LogP contribution in [0.2, 0.25) is 0 Å². The van der Waals surface area contributed by atoms with Gasteiger partial charge < -0.3 is 15.8 Å². The highest BCUT2D eigenvalue weighted by molar-refractivity contribution is 5.83. The molecule has 3 nitrogen and oxygen atoms in total. The van der Waals surface area contributed by atoms with Gasteiger partial charge in [0, 0.05) is 17.1 Å². The van der Waals surface area contributed by atoms with E-state index in [0.717, 1.165) is 16.5 Å². The maximum atomic E-state index is 12.9. The van der Waals surface area contributed by atoms with Gasteiger partial charge in [0.1, 0.15) is 5.82 Å². The highest BCUT2D eigenvalue weighted by atomic mass is 19.1. The maximum absolute atomic E-state index is 12.9. The summed E-state index contributed by atoms with van der Waals surface area (Å²) >= 11 is 0. The van der Waals surface area contributed by atoms with Gasteiger partial charge in [0.25, 0.3) is 0 Å². The van der Waals surface area contributed by atoms with Crippen LogP contribution >= 0.6 is 0 Å². The molecule has 0 aliphatic heterocycles. The Morgan fingerprint density at radius 1 is 1.50 bits per heavy atom. The molecule has 0 aliphatic rings. The minimum atomic E-state index is -0.467. The Labute approximate surface area is 80.4 Å². The van der Waals surface area contributed by atoms with E-state index >= 15 is 0 Å². The summed E-state index contributed by atoms with van der Waals surface area (Å²) < 4.78 is 12.9. The number of rotatable bonds is 2. The number of hydrogen-bond donors (Lipinski definition) is 3. The average molecular weight is 194 g/mol. The third-order valence-corrected chi connectivity index (χ3v) is 2.27. The molecule has 74 valence electrons. The summed E-state index contributed by atoms with van der Waals surface area (Å²) in [5, 5.41) is 9.63. The third-order valence-electron chi connectivity index (χ3n) is 2.27. The number of nitrogens with one attached hydrogen (secondary N) is 1. The fourth-order valence-corrected chi connectivity index (χ4v) is 1.52. The number of nitrogens with two attached hydrogens (primary N) is 1. The van der Waals surface area contributed by atoms with Gasteiger partial charge in [-0.15, -0.1) is 0 Å². The predicted molar refractivity (Wildman–Crippen MR) is 52.3 cm³/mol. The number of aliphatic hydroxyl groups is 1. The van der Waals surface area contributed by atoms with Crippen molar-refractivity contribution in [1.29, 1.82) is 0 Å². The minimum absolute atomic E-state index is 0.149. The van der Waals surface area contributed by atoms with Crippen molar-refractivity contribution in [3.05, 3.63) is 35.8 Å². The van der Waals surface area contributed by atoms with Crippen LogP contribution in [0.5, 0.6) is 0 Å². The fraction of sp³-hybridized carbons (Fsp3) is 0.200. The number of fused-ring (bicyclic) bond motifs is 1. The van der Waals surface area contributed by atoms with E-state index in [9.17, 15) is 4.39 Å². The summed E-state index contributed by atoms with van der Waals surface area (Å²) in [4.78, 5) is 2.97. The first-order valence-corrected chi connectivity index (χ1v) is 4.35. The second-order valence-electron chi connectivity index (χ2n) is 3.22. The van der Waals surface area contributed by atoms with Gasteiger partial charge in [0.05, 0.1) is 12.6 Å². The Kier molecular flexibility index (Phi) is 2.23. The minimum Gasteiger partial charge on any atom is -0.394 e. The van der Waals surface area contributed by atoms with E-state index < -0.39 is 6.04 Å². The van der Waals surface area contributed by atoms with E-state index in [2.05, 4.69) is 4.98 Å². The summed E-state index contributed by atoms with van der Waals surface area (Å²) in [6, 6.07) is 3.98. The van der Waals surface area contributed by atoms with Gasteiger partial charge in [0.2, 0.25) is 0 Å². The smallest absolute Gasteiger partial charge is 0.123 e. The zero-order chi connectivity index (χ0) is 10.1. The van der Waals surface area contributed by atoms with Gasteiger partial charge in [-0.3, -0.25) is 0 Å². The Balaban J connectivity index is 2.61. The first-order valence-electron chi connectivity index (χ1n) is 4.35. The molecule has 0 aliphatic carbocycles. The second kappa shape index (κ2) is 3.40. The molecule has 0 radical (unpaired) electrons. The van der Waals surface area contributed by atoms with Crippen molar-refractivity contribution < 1.29 is 9.50 Å². The van der Waals surface area contributed by atoms with Crippen LogP contribution in [0.15, 0.2) is 24.4 Å². The van der Waals surface area contributed by atoms with Crippen LogP contribution in [0.1, 0.15) is 11.6 Å². The van der Waals surface area contributed by atoms with E-state index in [1.807, 2.05) is 0 Å². The van der Waals surface area contributed by atoms with E-state index in [1.165, 1.54) is 12.1 Å². The molecular formula is C10H11FN2O. The lowest BCUT2D eigenvalue weighted by Gasteiger charge is -2.05. The number of hydrogen-bond acceptors (Lipinski definition) is 2. The molecule has 0 unspecified atom stereocenters. The molecule has 1 atom stereocenters. The van der Waals surface area contributed by atoms with E-state index in [1.54, 1.807) is 12.3 Å². The van der Waals surface area contributed by atoms with Crippen molar-refractivity contribution in [2.75, 3.05) is 6.61 Å². The van der Waals surface area contributed by atoms with E-state index in [-0.39, 0.29) is 12.4 Å². The molecule has 1 heterocycles. The summed E-state index contributed by atoms with van der Waals surface area (Å²) in [7, 11) is 0. The summed E-state index contributed by atoms with van der Waals surface area (Å²) in [6.45, 7) is -0.149. The third kappa shape index (κ3) is 1.38. The van der Waals surface area contributed by atoms with Crippen molar-refractivity contribution in [3.63, 3.8) is 0 Å². The van der Waals surface area contributed by atoms with E-state index in [4.69, 9.17) is 10.8 Å². The fourth-order valence-electron chi connectivity index (χ4n) is 1.52. The number of halogens is 1. The Morgan fingerprint density at radius 2 is 2.29 bits per heavy atom. The SMILES string of the molecule is N[C@H](CO)c1c[nH]c2ccc(F)cc12. The molecule has 0 saturated heterocycles. The number of aromatic amines is 1. The van der Waals surface area contributed by atoms with Gasteiger partial charge in [-0.2, -0.15) is 0 Å². The topological polar surface area (TPSA) is 62.0 Å². The van der Waals surface area contributed by atoms with Crippen molar-refractivity contribution in [2.45, 2.75) is 6.04 Å². The lowest BCUT2D eigenvalue weighted by atomic mass is 10.1. The van der Waals surface area contributed by atoms with Crippen LogP contribution in [0, 0.1) is 5.82 Å². The van der Waals surface area contributed by atoms with Gasteiger partial charge in [0.15, 0.2) is 0 Å². The Morgan fingerprint density at radius 3 is 3.00 bits per heavy atom. The molecule has 14 heavy (non-hydrogen) atoms. The number of H-pyrrole nitrogens is 1. The number of aromatic nitrogens is 1. The summed E-state index contributed by atoms with van der Waals surface area (Å²) in [5.41, 5.74) is 7.22. The monoisotopic (exact) mass is 194 g/mol. The highest BCUT2D eigenvalue weighted by Crippen LogP contribution is 2.23. The molecule has 0 saturated carbocycles. The quantitative estimate of drug-likeness (QED) is 0.674. The van der Waals surface area contributed by atoms with Crippen LogP contribution < -0.4 is 5.73 Å². The molecule has 4 heteroatoms. The van der Waals surface area contributed by atoms with Crippen LogP contribution in [0.25, 0.3) is 10.9 Å². The molecule has 0 amide bonds. The van der Waals surface area contributed by atoms with Gasteiger partial charge in [-0.25, -0.2) is 4.39 Å². The lowest BCUT2D eigenvalue weighted by molar-refractivity contribution is 0.268. The predicted octanol–water partition coefficient (Wildman–Crippen LogP) is 1.30. The van der Waals surface area contributed by atoms with Gasteiger partial charge >= 0.3 is 0 Å². The number of aliphatic hydroxyl groups excluding tert-OH is 1. The molecule has 4 N–H and O–H groups in total. The van der Waals surface area contributed by atoms with Crippen LogP contribution in [0.4, 0.5) is 4.39 Å². The molecular weight excluding hydrogens is 183 g/mol. The standard InChI is InChI=1S/C10H11FN2O/c11-6-1-2-10-7(3-6)8(4-13-10)9(12)5-14/h1-4,9,13-14H,5,12H2/t9-/m1/s1. The molecule has 2 rings (SSSR count). The molecule has 1 aromatic carbocycles. The van der Waals surface area contributed by atoms with Crippen LogP contribution in [-0.2, 0) is 0 Å². The molecule has 1 aromatic heterocycles. The van der Waals surface area contributed by atoms with Crippen molar-refractivity contribution in [2.24, 2.45) is 5.73 Å². The summed E-state index contributed by atoms with van der Waals surface area (Å²) in [5.74, 6) is -0.302. The highest BCUT2D eigenvalue weighted by Gasteiger charge is 2.10. The molecule has 2 aromatic rings.